The molecule has 0 aliphatic heterocycles. The number of rotatable bonds is 6. The highest BCUT2D eigenvalue weighted by Crippen LogP contribution is 2.22. The van der Waals surface area contributed by atoms with Crippen LogP contribution in [0.3, 0.4) is 0 Å². The van der Waals surface area contributed by atoms with Gasteiger partial charge in [-0.2, -0.15) is 0 Å². The van der Waals surface area contributed by atoms with Crippen LogP contribution in [0.15, 0.2) is 30.5 Å². The van der Waals surface area contributed by atoms with E-state index < -0.39 is 11.8 Å². The van der Waals surface area contributed by atoms with Gasteiger partial charge in [-0.3, -0.25) is 14.9 Å². The van der Waals surface area contributed by atoms with Crippen molar-refractivity contribution >= 4 is 29.4 Å². The number of aromatic amines is 1. The molecule has 2 rings (SSSR count). The molecule has 3 N–H and O–H groups in total. The zero-order chi connectivity index (χ0) is 17.5. The maximum Gasteiger partial charge on any atom is 0.316 e. The van der Waals surface area contributed by atoms with Crippen LogP contribution in [0.2, 0.25) is 5.15 Å². The molecule has 0 radical (unpaired) electrons. The van der Waals surface area contributed by atoms with Crippen LogP contribution in [-0.2, 0) is 16.0 Å². The quantitative estimate of drug-likeness (QED) is 0.700. The third-order valence-corrected chi connectivity index (χ3v) is 3.84. The monoisotopic (exact) mass is 348 g/mol. The minimum atomic E-state index is -0.785. The molecule has 0 spiro atoms. The molecule has 0 aliphatic rings. The van der Waals surface area contributed by atoms with Crippen LogP contribution in [0.25, 0.3) is 0 Å². The maximum atomic E-state index is 12.2. The number of anilines is 1. The van der Waals surface area contributed by atoms with E-state index in [-0.39, 0.29) is 17.1 Å². The van der Waals surface area contributed by atoms with E-state index in [0.29, 0.717) is 6.42 Å². The van der Waals surface area contributed by atoms with Crippen LogP contribution in [0.4, 0.5) is 5.95 Å². The van der Waals surface area contributed by atoms with Gasteiger partial charge in [-0.1, -0.05) is 56.1 Å². The Hall–Kier alpha value is -2.34. The number of halogens is 1. The third kappa shape index (κ3) is 4.58. The number of carbonyl (C=O) groups is 2. The van der Waals surface area contributed by atoms with Gasteiger partial charge < -0.3 is 10.3 Å². The topological polar surface area (TPSA) is 86.9 Å². The van der Waals surface area contributed by atoms with E-state index in [1.54, 1.807) is 0 Å². The van der Waals surface area contributed by atoms with Gasteiger partial charge in [0, 0.05) is 0 Å². The lowest BCUT2D eigenvalue weighted by Crippen LogP contribution is -2.38. The first-order valence-corrected chi connectivity index (χ1v) is 8.33. The van der Waals surface area contributed by atoms with Crippen LogP contribution < -0.4 is 10.6 Å². The first-order valence-electron chi connectivity index (χ1n) is 7.95. The SMILES string of the molecule is CCCc1ccccc1C(CC)NC(=O)C(=O)Nc1ncc(Cl)[nH]1. The number of H-pyrrole nitrogens is 1. The van der Waals surface area contributed by atoms with Gasteiger partial charge in [-0.05, 0) is 24.0 Å². The largest absolute Gasteiger partial charge is 0.341 e. The summed E-state index contributed by atoms with van der Waals surface area (Å²) >= 11 is 5.69. The number of imidazole rings is 1. The number of benzene rings is 1. The second kappa shape index (κ2) is 8.49. The minimum absolute atomic E-state index is 0.139. The molecule has 0 aliphatic carbocycles. The average molecular weight is 349 g/mol. The Morgan fingerprint density at radius 3 is 2.62 bits per heavy atom. The fourth-order valence-corrected chi connectivity index (χ4v) is 2.66. The molecular weight excluding hydrogens is 328 g/mol. The van der Waals surface area contributed by atoms with Crippen LogP contribution in [0.1, 0.15) is 43.9 Å². The highest BCUT2D eigenvalue weighted by molar-refractivity contribution is 6.39. The average Bonchev–Trinajstić information content (AvgIpc) is 2.98. The van der Waals surface area contributed by atoms with Crippen molar-refractivity contribution in [3.8, 4) is 0 Å². The zero-order valence-electron chi connectivity index (χ0n) is 13.7. The summed E-state index contributed by atoms with van der Waals surface area (Å²) in [4.78, 5) is 30.6. The molecule has 1 atom stereocenters. The molecular formula is C17H21ClN4O2. The van der Waals surface area contributed by atoms with Crippen LogP contribution in [0, 0.1) is 0 Å². The van der Waals surface area contributed by atoms with Gasteiger partial charge in [0.2, 0.25) is 5.95 Å². The number of aromatic nitrogens is 2. The predicted molar refractivity (Wildman–Crippen MR) is 93.8 cm³/mol. The molecule has 2 aromatic rings. The predicted octanol–water partition coefficient (Wildman–Crippen LogP) is 3.22. The van der Waals surface area contributed by atoms with Crippen LogP contribution >= 0.6 is 11.6 Å². The molecule has 7 heteroatoms. The lowest BCUT2D eigenvalue weighted by molar-refractivity contribution is -0.136. The van der Waals surface area contributed by atoms with Crippen molar-refractivity contribution in [1.82, 2.24) is 15.3 Å². The fourth-order valence-electron chi connectivity index (χ4n) is 2.52. The molecule has 1 unspecified atom stereocenters. The third-order valence-electron chi connectivity index (χ3n) is 3.65. The molecule has 2 amide bonds. The Kier molecular flexibility index (Phi) is 6.37. The van der Waals surface area contributed by atoms with Crippen molar-refractivity contribution in [3.05, 3.63) is 46.7 Å². The summed E-state index contributed by atoms with van der Waals surface area (Å²) in [5.41, 5.74) is 2.23. The molecule has 0 saturated carbocycles. The summed E-state index contributed by atoms with van der Waals surface area (Å²) in [5, 5.41) is 5.45. The first kappa shape index (κ1) is 18.0. The Labute approximate surface area is 146 Å². The molecule has 24 heavy (non-hydrogen) atoms. The Morgan fingerprint density at radius 1 is 1.25 bits per heavy atom. The Balaban J connectivity index is 2.06. The van der Waals surface area contributed by atoms with Crippen molar-refractivity contribution < 1.29 is 9.59 Å². The van der Waals surface area contributed by atoms with Gasteiger partial charge in [0.05, 0.1) is 12.2 Å². The molecule has 0 bridgehead atoms. The number of nitrogens with zero attached hydrogens (tertiary/aromatic N) is 1. The highest BCUT2D eigenvalue weighted by Gasteiger charge is 2.21. The van der Waals surface area contributed by atoms with Gasteiger partial charge in [0.15, 0.2) is 0 Å². The molecule has 0 saturated heterocycles. The lowest BCUT2D eigenvalue weighted by atomic mass is 9.95. The van der Waals surface area contributed by atoms with Crippen molar-refractivity contribution in [2.24, 2.45) is 0 Å². The van der Waals surface area contributed by atoms with E-state index in [1.807, 2.05) is 25.1 Å². The number of hydrogen-bond acceptors (Lipinski definition) is 3. The molecule has 1 aromatic heterocycles. The van der Waals surface area contributed by atoms with Crippen LogP contribution in [0.5, 0.6) is 0 Å². The maximum absolute atomic E-state index is 12.2. The van der Waals surface area contributed by atoms with E-state index >= 15 is 0 Å². The van der Waals surface area contributed by atoms with Gasteiger partial charge in [0.1, 0.15) is 5.15 Å². The van der Waals surface area contributed by atoms with E-state index in [1.165, 1.54) is 11.8 Å². The summed E-state index contributed by atoms with van der Waals surface area (Å²) in [5.74, 6) is -1.35. The Morgan fingerprint density at radius 2 is 2.00 bits per heavy atom. The summed E-state index contributed by atoms with van der Waals surface area (Å²) < 4.78 is 0. The second-order valence-corrected chi connectivity index (χ2v) is 5.82. The molecule has 1 heterocycles. The van der Waals surface area contributed by atoms with Crippen molar-refractivity contribution in [1.29, 1.82) is 0 Å². The van der Waals surface area contributed by atoms with E-state index in [2.05, 4.69) is 33.6 Å². The van der Waals surface area contributed by atoms with E-state index in [4.69, 9.17) is 11.6 Å². The summed E-state index contributed by atoms with van der Waals surface area (Å²) in [7, 11) is 0. The van der Waals surface area contributed by atoms with Crippen molar-refractivity contribution in [3.63, 3.8) is 0 Å². The first-order chi connectivity index (χ1) is 11.5. The lowest BCUT2D eigenvalue weighted by Gasteiger charge is -2.20. The summed E-state index contributed by atoms with van der Waals surface area (Å²) in [6, 6.07) is 7.75. The molecule has 128 valence electrons. The van der Waals surface area contributed by atoms with E-state index in [9.17, 15) is 9.59 Å². The van der Waals surface area contributed by atoms with Gasteiger partial charge in [-0.15, -0.1) is 0 Å². The minimum Gasteiger partial charge on any atom is -0.341 e. The number of amides is 2. The number of nitrogens with one attached hydrogen (secondary N) is 3. The molecule has 0 fully saturated rings. The number of hydrogen-bond donors (Lipinski definition) is 3. The number of aryl methyl sites for hydroxylation is 1. The standard InChI is InChI=1S/C17H21ClN4O2/c1-3-7-11-8-5-6-9-12(11)13(4-2)20-15(23)16(24)22-17-19-10-14(18)21-17/h5-6,8-10,13H,3-4,7H2,1-2H3,(H,20,23)(H2,19,21,22,24). The number of carbonyl (C=O) groups excluding carboxylic acids is 2. The zero-order valence-corrected chi connectivity index (χ0v) is 14.5. The normalized spacial score (nSPS) is 11.8. The summed E-state index contributed by atoms with van der Waals surface area (Å²) in [6.07, 6.45) is 3.98. The molecule has 1 aromatic carbocycles. The second-order valence-electron chi connectivity index (χ2n) is 5.42. The smallest absolute Gasteiger partial charge is 0.316 e. The highest BCUT2D eigenvalue weighted by atomic mass is 35.5. The Bertz CT molecular complexity index is 714. The van der Waals surface area contributed by atoms with Crippen molar-refractivity contribution in [2.75, 3.05) is 5.32 Å². The molecule has 6 nitrogen and oxygen atoms in total. The van der Waals surface area contributed by atoms with Crippen LogP contribution in [-0.4, -0.2) is 21.8 Å². The van der Waals surface area contributed by atoms with Gasteiger partial charge in [-0.25, -0.2) is 4.98 Å². The summed E-state index contributed by atoms with van der Waals surface area (Å²) in [6.45, 7) is 4.08. The van der Waals surface area contributed by atoms with Gasteiger partial charge in [0.25, 0.3) is 0 Å². The van der Waals surface area contributed by atoms with E-state index in [0.717, 1.165) is 18.4 Å². The van der Waals surface area contributed by atoms with Gasteiger partial charge >= 0.3 is 11.8 Å². The van der Waals surface area contributed by atoms with Crippen molar-refractivity contribution in [2.45, 2.75) is 39.2 Å². The fraction of sp³-hybridized carbons (Fsp3) is 0.353.